The number of nitrogens with one attached hydrogen (secondary N) is 2. The number of nitrogens with zero attached hydrogens (tertiary/aromatic N) is 1. The van der Waals surface area contributed by atoms with Gasteiger partial charge in [0.2, 0.25) is 21.6 Å². The molecule has 0 aromatic heterocycles. The standard InChI is InChI=1S/C23H26ClF2N3O5S/c1-23(2,3)22(12-7-6-11(25)10-14(12)26)28-17-16(19(31)20(17)32)27-15-9-8-13(24)21(18(15)30)35(33,34)29(4)5/h6-10,16-17,22,27-28,30H,1-5H3. The van der Waals surface area contributed by atoms with Gasteiger partial charge in [0, 0.05) is 31.8 Å². The van der Waals surface area contributed by atoms with Crippen LogP contribution in [0.25, 0.3) is 0 Å². The van der Waals surface area contributed by atoms with Crippen molar-refractivity contribution in [3.8, 4) is 5.75 Å². The van der Waals surface area contributed by atoms with E-state index in [0.717, 1.165) is 16.4 Å². The number of phenolic OH excluding ortho intramolecular Hbond substituents is 1. The zero-order chi connectivity index (χ0) is 26.5. The van der Waals surface area contributed by atoms with Gasteiger partial charge in [0.25, 0.3) is 0 Å². The van der Waals surface area contributed by atoms with Crippen molar-refractivity contribution in [3.63, 3.8) is 0 Å². The molecular formula is C23H26ClF2N3O5S. The van der Waals surface area contributed by atoms with Gasteiger partial charge in [0.05, 0.1) is 10.7 Å². The molecule has 3 unspecified atom stereocenters. The van der Waals surface area contributed by atoms with Gasteiger partial charge in [-0.15, -0.1) is 0 Å². The lowest BCUT2D eigenvalue weighted by atomic mass is 9.77. The van der Waals surface area contributed by atoms with E-state index in [2.05, 4.69) is 10.6 Å². The maximum Gasteiger partial charge on any atom is 0.247 e. The van der Waals surface area contributed by atoms with Crippen LogP contribution in [-0.2, 0) is 19.6 Å². The zero-order valence-electron chi connectivity index (χ0n) is 19.7. The normalized spacial score (nSPS) is 19.6. The molecule has 1 saturated carbocycles. The summed E-state index contributed by atoms with van der Waals surface area (Å²) in [4.78, 5) is 24.3. The quantitative estimate of drug-likeness (QED) is 0.372. The maximum atomic E-state index is 14.6. The molecular weight excluding hydrogens is 504 g/mol. The molecule has 3 N–H and O–H groups in total. The Bertz CT molecular complexity index is 1290. The molecule has 0 bridgehead atoms. The minimum atomic E-state index is -4.13. The highest BCUT2D eigenvalue weighted by Gasteiger charge is 2.51. The monoisotopic (exact) mass is 529 g/mol. The second-order valence-corrected chi connectivity index (χ2v) is 12.0. The van der Waals surface area contributed by atoms with Crippen molar-refractivity contribution in [1.29, 1.82) is 0 Å². The fourth-order valence-electron chi connectivity index (χ4n) is 3.81. The van der Waals surface area contributed by atoms with Crippen LogP contribution in [0.1, 0.15) is 32.4 Å². The Morgan fingerprint density at radius 2 is 1.66 bits per heavy atom. The Hall–Kier alpha value is -2.60. The molecule has 3 atom stereocenters. The highest BCUT2D eigenvalue weighted by atomic mass is 35.5. The molecule has 0 spiro atoms. The molecule has 0 amide bonds. The third kappa shape index (κ3) is 5.04. The molecule has 3 rings (SSSR count). The Labute approximate surface area is 207 Å². The number of carbonyl (C=O) groups is 2. The molecule has 2 aromatic rings. The second kappa shape index (κ2) is 9.45. The fraction of sp³-hybridized carbons (Fsp3) is 0.391. The number of anilines is 1. The smallest absolute Gasteiger partial charge is 0.247 e. The first-order chi connectivity index (χ1) is 16.1. The number of carbonyl (C=O) groups excluding carboxylic acids is 2. The lowest BCUT2D eigenvalue weighted by Crippen LogP contribution is -2.68. The van der Waals surface area contributed by atoms with Gasteiger partial charge in [-0.05, 0) is 23.6 Å². The molecule has 0 aliphatic heterocycles. The van der Waals surface area contributed by atoms with Crippen LogP contribution in [0, 0.1) is 17.0 Å². The van der Waals surface area contributed by atoms with Crippen LogP contribution in [-0.4, -0.2) is 55.6 Å². The summed E-state index contributed by atoms with van der Waals surface area (Å²) in [7, 11) is -1.61. The molecule has 2 aromatic carbocycles. The fourth-order valence-corrected chi connectivity index (χ4v) is 5.29. The second-order valence-electron chi connectivity index (χ2n) is 9.52. The largest absolute Gasteiger partial charge is 0.504 e. The predicted octanol–water partition coefficient (Wildman–Crippen LogP) is 3.25. The molecule has 1 aliphatic rings. The number of halogens is 3. The number of Topliss-reactive ketones (excluding diaryl/α,β-unsaturated/α-hetero) is 2. The first-order valence-corrected chi connectivity index (χ1v) is 12.4. The number of rotatable bonds is 7. The van der Waals surface area contributed by atoms with Crippen LogP contribution in [0.5, 0.6) is 5.75 Å². The van der Waals surface area contributed by atoms with E-state index in [1.54, 1.807) is 20.8 Å². The van der Waals surface area contributed by atoms with E-state index in [1.165, 1.54) is 32.3 Å². The predicted molar refractivity (Wildman–Crippen MR) is 127 cm³/mol. The minimum absolute atomic E-state index is 0.110. The van der Waals surface area contributed by atoms with E-state index >= 15 is 0 Å². The summed E-state index contributed by atoms with van der Waals surface area (Å²) in [5.74, 6) is -3.85. The summed E-state index contributed by atoms with van der Waals surface area (Å²) >= 11 is 6.02. The van der Waals surface area contributed by atoms with Crippen LogP contribution >= 0.6 is 11.6 Å². The van der Waals surface area contributed by atoms with E-state index in [0.29, 0.717) is 0 Å². The molecule has 8 nitrogen and oxygen atoms in total. The van der Waals surface area contributed by atoms with Gasteiger partial charge in [-0.1, -0.05) is 38.4 Å². The third-order valence-electron chi connectivity index (χ3n) is 5.76. The topological polar surface area (TPSA) is 116 Å². The highest BCUT2D eigenvalue weighted by Crippen LogP contribution is 2.40. The zero-order valence-corrected chi connectivity index (χ0v) is 21.3. The third-order valence-corrected chi connectivity index (χ3v) is 8.08. The van der Waals surface area contributed by atoms with Crippen LogP contribution in [0.3, 0.4) is 0 Å². The summed E-state index contributed by atoms with van der Waals surface area (Å²) in [5.41, 5.74) is -0.677. The van der Waals surface area contributed by atoms with Gasteiger partial charge < -0.3 is 10.4 Å². The SMILES string of the molecule is CN(C)S(=O)(=O)c1c(Cl)ccc(NC2C(=O)C(=O)C2NC(c2ccc(F)cc2F)C(C)(C)C)c1O. The van der Waals surface area contributed by atoms with Gasteiger partial charge in [-0.25, -0.2) is 21.5 Å². The lowest BCUT2D eigenvalue weighted by Gasteiger charge is -2.41. The molecule has 35 heavy (non-hydrogen) atoms. The van der Waals surface area contributed by atoms with Crippen molar-refractivity contribution in [1.82, 2.24) is 9.62 Å². The average molecular weight is 530 g/mol. The molecule has 0 heterocycles. The number of sulfonamides is 1. The molecule has 1 fully saturated rings. The minimum Gasteiger partial charge on any atom is -0.504 e. The van der Waals surface area contributed by atoms with Crippen molar-refractivity contribution in [2.24, 2.45) is 5.41 Å². The summed E-state index contributed by atoms with van der Waals surface area (Å²) in [6, 6.07) is 2.51. The van der Waals surface area contributed by atoms with Crippen LogP contribution < -0.4 is 10.6 Å². The number of hydrogen-bond acceptors (Lipinski definition) is 7. The molecule has 0 radical (unpaired) electrons. The van der Waals surface area contributed by atoms with Crippen molar-refractivity contribution >= 4 is 38.9 Å². The Morgan fingerprint density at radius 1 is 1.06 bits per heavy atom. The van der Waals surface area contributed by atoms with Crippen molar-refractivity contribution in [2.45, 2.75) is 43.8 Å². The van der Waals surface area contributed by atoms with Gasteiger partial charge in [-0.3, -0.25) is 14.9 Å². The number of hydrogen-bond donors (Lipinski definition) is 3. The van der Waals surface area contributed by atoms with E-state index in [4.69, 9.17) is 11.6 Å². The van der Waals surface area contributed by atoms with Crippen molar-refractivity contribution in [3.05, 3.63) is 52.6 Å². The number of ketones is 2. The van der Waals surface area contributed by atoms with Crippen molar-refractivity contribution in [2.75, 3.05) is 19.4 Å². The summed E-state index contributed by atoms with van der Waals surface area (Å²) in [6.07, 6.45) is 0. The molecule has 190 valence electrons. The van der Waals surface area contributed by atoms with E-state index in [1.807, 2.05) is 0 Å². The van der Waals surface area contributed by atoms with Gasteiger partial charge >= 0.3 is 0 Å². The van der Waals surface area contributed by atoms with Gasteiger partial charge in [0.15, 0.2) is 5.75 Å². The van der Waals surface area contributed by atoms with Crippen LogP contribution in [0.2, 0.25) is 5.02 Å². The summed E-state index contributed by atoms with van der Waals surface area (Å²) in [6.45, 7) is 5.35. The summed E-state index contributed by atoms with van der Waals surface area (Å²) in [5, 5.41) is 16.1. The highest BCUT2D eigenvalue weighted by molar-refractivity contribution is 7.89. The van der Waals surface area contributed by atoms with E-state index < -0.39 is 67.4 Å². The summed E-state index contributed by atoms with van der Waals surface area (Å²) < 4.78 is 54.1. The van der Waals surface area contributed by atoms with Gasteiger partial charge in [-0.2, -0.15) is 0 Å². The van der Waals surface area contributed by atoms with Crippen molar-refractivity contribution < 1.29 is 31.9 Å². The lowest BCUT2D eigenvalue weighted by molar-refractivity contribution is -0.146. The average Bonchev–Trinajstić information content (AvgIpc) is 2.74. The van der Waals surface area contributed by atoms with Crippen LogP contribution in [0.4, 0.5) is 14.5 Å². The van der Waals surface area contributed by atoms with Crippen LogP contribution in [0.15, 0.2) is 35.2 Å². The number of phenols is 1. The van der Waals surface area contributed by atoms with E-state index in [-0.39, 0.29) is 16.3 Å². The Kier molecular flexibility index (Phi) is 7.29. The Morgan fingerprint density at radius 3 is 2.20 bits per heavy atom. The molecule has 0 saturated heterocycles. The number of aromatic hydroxyl groups is 1. The Balaban J connectivity index is 1.96. The number of benzene rings is 2. The first kappa shape index (κ1) is 27.0. The first-order valence-electron chi connectivity index (χ1n) is 10.6. The molecule has 12 heteroatoms. The maximum absolute atomic E-state index is 14.6. The molecule has 1 aliphatic carbocycles. The van der Waals surface area contributed by atoms with E-state index in [9.17, 15) is 31.9 Å². The van der Waals surface area contributed by atoms with Gasteiger partial charge in [0.1, 0.15) is 28.6 Å².